The molecule has 0 aromatic heterocycles. The van der Waals surface area contributed by atoms with E-state index in [4.69, 9.17) is 0 Å². The molecular weight excluding hydrogens is 276 g/mol. The summed E-state index contributed by atoms with van der Waals surface area (Å²) in [6.07, 6.45) is 8.83. The first-order valence-corrected chi connectivity index (χ1v) is 8.51. The maximum Gasteiger partial charge on any atom is -0.00138 e. The lowest BCUT2D eigenvalue weighted by molar-refractivity contribution is 1.12. The van der Waals surface area contributed by atoms with E-state index in [-0.39, 0.29) is 0 Å². The molecule has 0 heteroatoms. The summed E-state index contributed by atoms with van der Waals surface area (Å²) < 4.78 is 0. The third-order valence-corrected chi connectivity index (χ3v) is 5.07. The quantitative estimate of drug-likeness (QED) is 0.631. The van der Waals surface area contributed by atoms with Gasteiger partial charge >= 0.3 is 0 Å². The van der Waals surface area contributed by atoms with Gasteiger partial charge in [0.2, 0.25) is 0 Å². The molecule has 0 nitrogen and oxygen atoms in total. The van der Waals surface area contributed by atoms with Gasteiger partial charge in [0.25, 0.3) is 0 Å². The number of allylic oxidation sites excluding steroid dienone is 5. The van der Waals surface area contributed by atoms with E-state index < -0.39 is 0 Å². The fourth-order valence-electron chi connectivity index (χ4n) is 3.81. The van der Waals surface area contributed by atoms with Crippen LogP contribution in [0, 0.1) is 0 Å². The number of hydrogen-bond donors (Lipinski definition) is 0. The first-order chi connectivity index (χ1) is 11.2. The van der Waals surface area contributed by atoms with Crippen LogP contribution in [0.15, 0.2) is 66.8 Å². The van der Waals surface area contributed by atoms with Crippen molar-refractivity contribution >= 4 is 11.1 Å². The molecule has 0 atom stereocenters. The van der Waals surface area contributed by atoms with Crippen LogP contribution in [-0.2, 0) is 19.3 Å². The Bertz CT molecular complexity index is 846. The molecule has 0 amide bonds. The average molecular weight is 298 g/mol. The van der Waals surface area contributed by atoms with Crippen LogP contribution in [0.1, 0.15) is 41.2 Å². The molecule has 0 bridgehead atoms. The van der Waals surface area contributed by atoms with Crippen molar-refractivity contribution in [1.82, 2.24) is 0 Å². The number of rotatable bonds is 3. The lowest BCUT2D eigenvalue weighted by Crippen LogP contribution is -1.92. The van der Waals surface area contributed by atoms with Crippen molar-refractivity contribution in [2.24, 2.45) is 0 Å². The zero-order valence-electron chi connectivity index (χ0n) is 13.7. The van der Waals surface area contributed by atoms with Crippen molar-refractivity contribution in [3.05, 3.63) is 94.6 Å². The van der Waals surface area contributed by atoms with Gasteiger partial charge in [-0.3, -0.25) is 0 Å². The Morgan fingerprint density at radius 1 is 0.870 bits per heavy atom. The van der Waals surface area contributed by atoms with Crippen LogP contribution in [0.25, 0.3) is 11.1 Å². The van der Waals surface area contributed by atoms with E-state index in [9.17, 15) is 0 Å². The fraction of sp³-hybridized carbons (Fsp3) is 0.217. The first-order valence-electron chi connectivity index (χ1n) is 8.51. The van der Waals surface area contributed by atoms with Gasteiger partial charge in [-0.25, -0.2) is 0 Å². The zero-order chi connectivity index (χ0) is 15.8. The fourth-order valence-corrected chi connectivity index (χ4v) is 3.81. The minimum Gasteiger partial charge on any atom is -0.0992 e. The van der Waals surface area contributed by atoms with E-state index in [2.05, 4.69) is 68.1 Å². The normalized spacial score (nSPS) is 16.3. The Morgan fingerprint density at radius 2 is 1.65 bits per heavy atom. The average Bonchev–Trinajstić information content (AvgIpc) is 3.19. The zero-order valence-corrected chi connectivity index (χ0v) is 13.7. The molecule has 0 saturated carbocycles. The van der Waals surface area contributed by atoms with Gasteiger partial charge in [-0.15, -0.1) is 0 Å². The second-order valence-corrected chi connectivity index (χ2v) is 6.66. The van der Waals surface area contributed by atoms with Gasteiger partial charge < -0.3 is 0 Å². The summed E-state index contributed by atoms with van der Waals surface area (Å²) in [7, 11) is 0. The summed E-state index contributed by atoms with van der Waals surface area (Å²) in [6.45, 7) is 6.37. The summed E-state index contributed by atoms with van der Waals surface area (Å²) in [5, 5.41) is 0. The summed E-state index contributed by atoms with van der Waals surface area (Å²) in [4.78, 5) is 0. The van der Waals surface area contributed by atoms with Gasteiger partial charge in [-0.05, 0) is 64.6 Å². The largest absolute Gasteiger partial charge is 0.0992 e. The Morgan fingerprint density at radius 3 is 2.52 bits per heavy atom. The lowest BCUT2D eigenvalue weighted by atomic mass is 9.93. The highest BCUT2D eigenvalue weighted by Crippen LogP contribution is 2.37. The molecule has 0 saturated heterocycles. The Labute approximate surface area is 138 Å². The van der Waals surface area contributed by atoms with Crippen LogP contribution in [0.4, 0.5) is 0 Å². The third-order valence-electron chi connectivity index (χ3n) is 5.07. The Hall–Kier alpha value is -2.34. The molecule has 2 aromatic rings. The van der Waals surface area contributed by atoms with Crippen molar-refractivity contribution in [3.63, 3.8) is 0 Å². The van der Waals surface area contributed by atoms with Gasteiger partial charge in [-0.1, -0.05) is 73.7 Å². The number of fused-ring (bicyclic) bond motifs is 1. The number of aryl methyl sites for hydroxylation is 1. The topological polar surface area (TPSA) is 0 Å². The second kappa shape index (κ2) is 5.70. The van der Waals surface area contributed by atoms with Crippen molar-refractivity contribution in [2.75, 3.05) is 0 Å². The van der Waals surface area contributed by atoms with E-state index in [1.54, 1.807) is 0 Å². The molecule has 4 rings (SSSR count). The predicted octanol–water partition coefficient (Wildman–Crippen LogP) is 5.77. The molecule has 0 N–H and O–H groups in total. The van der Waals surface area contributed by atoms with E-state index in [1.165, 1.54) is 44.5 Å². The van der Waals surface area contributed by atoms with Crippen LogP contribution >= 0.6 is 0 Å². The van der Waals surface area contributed by atoms with E-state index >= 15 is 0 Å². The van der Waals surface area contributed by atoms with Gasteiger partial charge in [0.15, 0.2) is 0 Å². The van der Waals surface area contributed by atoms with Gasteiger partial charge in [0, 0.05) is 0 Å². The molecule has 114 valence electrons. The van der Waals surface area contributed by atoms with Crippen molar-refractivity contribution in [2.45, 2.75) is 32.6 Å². The molecule has 0 fully saturated rings. The van der Waals surface area contributed by atoms with Crippen molar-refractivity contribution in [1.29, 1.82) is 0 Å². The molecule has 2 aliphatic carbocycles. The maximum absolute atomic E-state index is 4.14. The Kier molecular flexibility index (Phi) is 3.53. The summed E-state index contributed by atoms with van der Waals surface area (Å²) in [6, 6.07) is 15.7. The first kappa shape index (κ1) is 14.3. The predicted molar refractivity (Wildman–Crippen MR) is 99.4 cm³/mol. The second-order valence-electron chi connectivity index (χ2n) is 6.66. The lowest BCUT2D eigenvalue weighted by Gasteiger charge is -2.11. The highest BCUT2D eigenvalue weighted by molar-refractivity contribution is 5.87. The van der Waals surface area contributed by atoms with Crippen LogP contribution < -0.4 is 0 Å². The highest BCUT2D eigenvalue weighted by Gasteiger charge is 2.18. The molecule has 0 radical (unpaired) electrons. The molecule has 0 spiro atoms. The van der Waals surface area contributed by atoms with Gasteiger partial charge in [0.05, 0.1) is 0 Å². The molecule has 2 aromatic carbocycles. The van der Waals surface area contributed by atoms with Crippen LogP contribution in [-0.4, -0.2) is 0 Å². The van der Waals surface area contributed by atoms with E-state index in [0.29, 0.717) is 0 Å². The minimum absolute atomic E-state index is 1.04. The van der Waals surface area contributed by atoms with Crippen molar-refractivity contribution in [3.8, 4) is 0 Å². The van der Waals surface area contributed by atoms with E-state index in [0.717, 1.165) is 25.7 Å². The summed E-state index contributed by atoms with van der Waals surface area (Å²) in [5.41, 5.74) is 11.4. The summed E-state index contributed by atoms with van der Waals surface area (Å²) >= 11 is 0. The standard InChI is InChI=1S/C23H22/c1-3-17-6-4-5-7-23(17)21-11-10-19(14-21)20-9-8-18-12-16(2)13-22(18)15-20/h4-11,15H,2-3,12-14H2,1H3. The number of hydrogen-bond acceptors (Lipinski definition) is 0. The molecular formula is C23H22. The van der Waals surface area contributed by atoms with Crippen LogP contribution in [0.5, 0.6) is 0 Å². The SMILES string of the molecule is C=C1Cc2ccc(C3=CC=C(c4ccccc4CC)C3)cc2C1. The third kappa shape index (κ3) is 2.59. The van der Waals surface area contributed by atoms with E-state index in [1.807, 2.05) is 0 Å². The molecule has 0 heterocycles. The molecule has 0 aliphatic heterocycles. The van der Waals surface area contributed by atoms with Gasteiger partial charge in [-0.2, -0.15) is 0 Å². The highest BCUT2D eigenvalue weighted by atomic mass is 14.2. The number of benzene rings is 2. The maximum atomic E-state index is 4.14. The van der Waals surface area contributed by atoms with Gasteiger partial charge in [0.1, 0.15) is 0 Å². The summed E-state index contributed by atoms with van der Waals surface area (Å²) in [5.74, 6) is 0. The van der Waals surface area contributed by atoms with Crippen molar-refractivity contribution < 1.29 is 0 Å². The molecule has 2 aliphatic rings. The van der Waals surface area contributed by atoms with Crippen LogP contribution in [0.2, 0.25) is 0 Å². The monoisotopic (exact) mass is 298 g/mol. The van der Waals surface area contributed by atoms with Crippen LogP contribution in [0.3, 0.4) is 0 Å². The minimum atomic E-state index is 1.04. The molecule has 0 unspecified atom stereocenters. The smallest absolute Gasteiger partial charge is 0.00138 e. The Balaban J connectivity index is 1.59. The molecule has 23 heavy (non-hydrogen) atoms.